The number of rotatable bonds is 0. The van der Waals surface area contributed by atoms with Crippen LogP contribution in [0.1, 0.15) is 6.92 Å². The molecule has 8 heavy (non-hydrogen) atoms. The second-order valence-electron chi connectivity index (χ2n) is 1.26. The fraction of sp³-hybridized carbons (Fsp3) is 0.500. The van der Waals surface area contributed by atoms with Crippen molar-refractivity contribution < 1.29 is 9.59 Å². The number of carbonyl (C=O) groups excluding carboxylic acids is 2. The number of amides is 3. The number of nitrogens with one attached hydrogen (secondary N) is 2. The van der Waals surface area contributed by atoms with Gasteiger partial charge >= 0.3 is 6.03 Å². The molecule has 0 unspecified atom stereocenters. The standard InChI is InChI=1S/C4H8N2O2/c1-3(7)6-4(8)5-2/h1-2H3,(H2,5,6,7,8). The molecule has 0 radical (unpaired) electrons. The van der Waals surface area contributed by atoms with Gasteiger partial charge < -0.3 is 5.32 Å². The largest absolute Gasteiger partial charge is 0.341 e. The summed E-state index contributed by atoms with van der Waals surface area (Å²) < 4.78 is 0. The Labute approximate surface area is 47.3 Å². The first-order valence-corrected chi connectivity index (χ1v) is 2.16. The van der Waals surface area contributed by atoms with Gasteiger partial charge in [0, 0.05) is 14.0 Å². The summed E-state index contributed by atoms with van der Waals surface area (Å²) in [4.78, 5) is 20.2. The van der Waals surface area contributed by atoms with E-state index < -0.39 is 6.03 Å². The normalized spacial score (nSPS) is 7.75. The molecule has 4 heteroatoms. The zero-order valence-electron chi connectivity index (χ0n) is 4.82. The van der Waals surface area contributed by atoms with E-state index in [0.29, 0.717) is 0 Å². The number of hydrogen-bond donors (Lipinski definition) is 2. The molecule has 4 nitrogen and oxygen atoms in total. The van der Waals surface area contributed by atoms with Gasteiger partial charge in [-0.25, -0.2) is 4.79 Å². The Balaban J connectivity index is 3.40. The molecule has 3 amide bonds. The smallest absolute Gasteiger partial charge is 0.321 e. The topological polar surface area (TPSA) is 58.2 Å². The van der Waals surface area contributed by atoms with Gasteiger partial charge in [0.1, 0.15) is 0 Å². The molecule has 0 aliphatic rings. The van der Waals surface area contributed by atoms with Gasteiger partial charge in [-0.3, -0.25) is 10.1 Å². The van der Waals surface area contributed by atoms with E-state index in [1.807, 2.05) is 5.32 Å². The van der Waals surface area contributed by atoms with Crippen LogP contribution in [0.4, 0.5) is 4.79 Å². The van der Waals surface area contributed by atoms with Gasteiger partial charge in [-0.05, 0) is 0 Å². The van der Waals surface area contributed by atoms with Crippen molar-refractivity contribution >= 4 is 11.9 Å². The van der Waals surface area contributed by atoms with Crippen LogP contribution in [-0.2, 0) is 4.79 Å². The first kappa shape index (κ1) is 6.94. The van der Waals surface area contributed by atoms with E-state index in [-0.39, 0.29) is 5.91 Å². The maximum atomic E-state index is 10.2. The molecule has 0 heterocycles. The molecule has 0 aromatic carbocycles. The van der Waals surface area contributed by atoms with Crippen molar-refractivity contribution in [3.63, 3.8) is 0 Å². The van der Waals surface area contributed by atoms with Crippen molar-refractivity contribution in [1.82, 2.24) is 10.6 Å². The predicted molar refractivity (Wildman–Crippen MR) is 28.3 cm³/mol. The Kier molecular flexibility index (Phi) is 2.61. The summed E-state index contributed by atoms with van der Waals surface area (Å²) in [6.07, 6.45) is 0. The average Bonchev–Trinajstić information content (AvgIpc) is 1.65. The van der Waals surface area contributed by atoms with Crippen LogP contribution in [0.5, 0.6) is 0 Å². The summed E-state index contributed by atoms with van der Waals surface area (Å²) >= 11 is 0. The van der Waals surface area contributed by atoms with Gasteiger partial charge in [0.05, 0.1) is 0 Å². The van der Waals surface area contributed by atoms with E-state index in [1.54, 1.807) is 0 Å². The maximum absolute atomic E-state index is 10.2. The highest BCUT2D eigenvalue weighted by atomic mass is 16.2. The molecule has 0 rings (SSSR count). The summed E-state index contributed by atoms with van der Waals surface area (Å²) in [5.74, 6) is -0.357. The summed E-state index contributed by atoms with van der Waals surface area (Å²) in [5, 5.41) is 4.23. The molecular formula is C4H8N2O2. The summed E-state index contributed by atoms with van der Waals surface area (Å²) in [7, 11) is 1.44. The van der Waals surface area contributed by atoms with E-state index in [1.165, 1.54) is 14.0 Å². The highest BCUT2D eigenvalue weighted by Crippen LogP contribution is 1.60. The lowest BCUT2D eigenvalue weighted by Crippen LogP contribution is -2.35. The van der Waals surface area contributed by atoms with E-state index >= 15 is 0 Å². The van der Waals surface area contributed by atoms with Crippen molar-refractivity contribution in [3.05, 3.63) is 0 Å². The third-order valence-corrected chi connectivity index (χ3v) is 0.517. The highest BCUT2D eigenvalue weighted by Gasteiger charge is 1.95. The van der Waals surface area contributed by atoms with E-state index in [0.717, 1.165) is 0 Å². The number of imide groups is 1. The molecule has 0 fully saturated rings. The molecule has 0 spiro atoms. The van der Waals surface area contributed by atoms with Crippen LogP contribution in [0.3, 0.4) is 0 Å². The predicted octanol–water partition coefficient (Wildman–Crippen LogP) is -0.538. The Morgan fingerprint density at radius 3 is 2.00 bits per heavy atom. The molecule has 0 aromatic heterocycles. The molecule has 0 bridgehead atoms. The van der Waals surface area contributed by atoms with Crippen molar-refractivity contribution in [2.45, 2.75) is 6.92 Å². The lowest BCUT2D eigenvalue weighted by molar-refractivity contribution is -0.117. The molecular weight excluding hydrogens is 108 g/mol. The Hall–Kier alpha value is -1.06. The first-order chi connectivity index (χ1) is 3.66. The van der Waals surface area contributed by atoms with Crippen LogP contribution in [0, 0.1) is 0 Å². The molecule has 0 aliphatic heterocycles. The van der Waals surface area contributed by atoms with Crippen LogP contribution in [-0.4, -0.2) is 19.0 Å². The van der Waals surface area contributed by atoms with Gasteiger partial charge in [0.15, 0.2) is 0 Å². The third kappa shape index (κ3) is 3.14. The lowest BCUT2D eigenvalue weighted by atomic mass is 10.7. The van der Waals surface area contributed by atoms with Crippen LogP contribution < -0.4 is 10.6 Å². The number of hydrogen-bond acceptors (Lipinski definition) is 2. The van der Waals surface area contributed by atoms with Crippen molar-refractivity contribution in [3.8, 4) is 0 Å². The fourth-order valence-electron chi connectivity index (χ4n) is 0.222. The minimum Gasteiger partial charge on any atom is -0.341 e. The van der Waals surface area contributed by atoms with E-state index in [4.69, 9.17) is 0 Å². The zero-order chi connectivity index (χ0) is 6.57. The van der Waals surface area contributed by atoms with Crippen LogP contribution in [0.2, 0.25) is 0 Å². The molecule has 2 N–H and O–H groups in total. The first-order valence-electron chi connectivity index (χ1n) is 2.16. The SMILES string of the molecule is CNC(=O)NC(C)=O. The van der Waals surface area contributed by atoms with Gasteiger partial charge in [-0.1, -0.05) is 0 Å². The summed E-state index contributed by atoms with van der Waals surface area (Å²) in [6.45, 7) is 1.27. The van der Waals surface area contributed by atoms with Gasteiger partial charge in [-0.2, -0.15) is 0 Å². The number of urea groups is 1. The Morgan fingerprint density at radius 1 is 1.38 bits per heavy atom. The van der Waals surface area contributed by atoms with Crippen LogP contribution >= 0.6 is 0 Å². The second-order valence-corrected chi connectivity index (χ2v) is 1.26. The molecule has 0 aliphatic carbocycles. The van der Waals surface area contributed by atoms with Crippen molar-refractivity contribution in [1.29, 1.82) is 0 Å². The molecule has 0 atom stereocenters. The van der Waals surface area contributed by atoms with Crippen LogP contribution in [0.15, 0.2) is 0 Å². The molecule has 0 aromatic rings. The Bertz CT molecular complexity index is 111. The molecule has 0 saturated heterocycles. The Morgan fingerprint density at radius 2 is 1.88 bits per heavy atom. The quantitative estimate of drug-likeness (QED) is 0.446. The summed E-state index contributed by atoms with van der Waals surface area (Å²) in [5.41, 5.74) is 0. The lowest BCUT2D eigenvalue weighted by Gasteiger charge is -1.95. The monoisotopic (exact) mass is 116 g/mol. The minimum atomic E-state index is -0.475. The van der Waals surface area contributed by atoms with Gasteiger partial charge in [0.25, 0.3) is 0 Å². The molecule has 46 valence electrons. The average molecular weight is 116 g/mol. The highest BCUT2D eigenvalue weighted by molar-refractivity contribution is 5.92. The van der Waals surface area contributed by atoms with Gasteiger partial charge in [0.2, 0.25) is 5.91 Å². The van der Waals surface area contributed by atoms with Gasteiger partial charge in [-0.15, -0.1) is 0 Å². The second kappa shape index (κ2) is 3.01. The number of carbonyl (C=O) groups is 2. The van der Waals surface area contributed by atoms with Crippen molar-refractivity contribution in [2.75, 3.05) is 7.05 Å². The van der Waals surface area contributed by atoms with Crippen LogP contribution in [0.25, 0.3) is 0 Å². The minimum absolute atomic E-state index is 0.357. The van der Waals surface area contributed by atoms with Crippen molar-refractivity contribution in [2.24, 2.45) is 0 Å². The summed E-state index contributed by atoms with van der Waals surface area (Å²) in [6, 6.07) is -0.475. The third-order valence-electron chi connectivity index (χ3n) is 0.517. The zero-order valence-corrected chi connectivity index (χ0v) is 4.82. The molecule has 0 saturated carbocycles. The maximum Gasteiger partial charge on any atom is 0.321 e. The fourth-order valence-corrected chi connectivity index (χ4v) is 0.222. The van der Waals surface area contributed by atoms with E-state index in [2.05, 4.69) is 5.32 Å². The van der Waals surface area contributed by atoms with E-state index in [9.17, 15) is 9.59 Å².